The molecule has 0 saturated heterocycles. The molecule has 0 radical (unpaired) electrons. The van der Waals surface area contributed by atoms with Crippen LogP contribution in [-0.4, -0.2) is 29.0 Å². The zero-order valence-electron chi connectivity index (χ0n) is 14.0. The summed E-state index contributed by atoms with van der Waals surface area (Å²) in [6.45, 7) is 0. The SMILES string of the molecule is O=C(CCc1cccnc1)N[C@H]1CC[C@H]1NC1CCCCCC1. The van der Waals surface area contributed by atoms with Crippen molar-refractivity contribution in [3.05, 3.63) is 30.1 Å². The van der Waals surface area contributed by atoms with Crippen molar-refractivity contribution >= 4 is 5.91 Å². The number of nitrogens with one attached hydrogen (secondary N) is 2. The number of amides is 1. The maximum absolute atomic E-state index is 12.2. The maximum Gasteiger partial charge on any atom is 0.220 e. The molecular weight excluding hydrogens is 286 g/mol. The summed E-state index contributed by atoms with van der Waals surface area (Å²) in [5.41, 5.74) is 1.13. The van der Waals surface area contributed by atoms with Gasteiger partial charge < -0.3 is 10.6 Å². The highest BCUT2D eigenvalue weighted by atomic mass is 16.1. The summed E-state index contributed by atoms with van der Waals surface area (Å²) in [5, 5.41) is 7.02. The molecule has 2 aliphatic rings. The molecule has 1 aromatic heterocycles. The summed E-state index contributed by atoms with van der Waals surface area (Å²) in [6.07, 6.45) is 15.3. The third-order valence-electron chi connectivity index (χ3n) is 5.29. The molecule has 2 saturated carbocycles. The fourth-order valence-corrected chi connectivity index (χ4v) is 3.70. The first kappa shape index (κ1) is 16.4. The Morgan fingerprint density at radius 3 is 2.52 bits per heavy atom. The van der Waals surface area contributed by atoms with Crippen LogP contribution in [0.1, 0.15) is 63.4 Å². The van der Waals surface area contributed by atoms with E-state index in [2.05, 4.69) is 15.6 Å². The Hall–Kier alpha value is -1.42. The number of nitrogens with zero attached hydrogens (tertiary/aromatic N) is 1. The summed E-state index contributed by atoms with van der Waals surface area (Å²) >= 11 is 0. The number of hydrogen-bond donors (Lipinski definition) is 2. The number of hydrogen-bond acceptors (Lipinski definition) is 3. The normalized spacial score (nSPS) is 25.4. The smallest absolute Gasteiger partial charge is 0.220 e. The minimum atomic E-state index is 0.172. The van der Waals surface area contributed by atoms with E-state index in [4.69, 9.17) is 0 Å². The minimum Gasteiger partial charge on any atom is -0.352 e. The van der Waals surface area contributed by atoms with E-state index in [1.54, 1.807) is 6.20 Å². The number of aryl methyl sites for hydroxylation is 1. The van der Waals surface area contributed by atoms with E-state index in [9.17, 15) is 4.79 Å². The van der Waals surface area contributed by atoms with Gasteiger partial charge in [0.05, 0.1) is 0 Å². The molecule has 3 rings (SSSR count). The van der Waals surface area contributed by atoms with E-state index in [0.717, 1.165) is 18.4 Å². The number of pyridine rings is 1. The highest BCUT2D eigenvalue weighted by Crippen LogP contribution is 2.24. The highest BCUT2D eigenvalue weighted by molar-refractivity contribution is 5.76. The molecule has 0 aromatic carbocycles. The van der Waals surface area contributed by atoms with Crippen molar-refractivity contribution in [3.63, 3.8) is 0 Å². The first-order valence-corrected chi connectivity index (χ1v) is 9.25. The third-order valence-corrected chi connectivity index (χ3v) is 5.29. The largest absolute Gasteiger partial charge is 0.352 e. The second-order valence-corrected chi connectivity index (χ2v) is 7.07. The Morgan fingerprint density at radius 1 is 1.09 bits per heavy atom. The van der Waals surface area contributed by atoms with E-state index in [1.807, 2.05) is 18.3 Å². The summed E-state index contributed by atoms with van der Waals surface area (Å²) in [5.74, 6) is 0.172. The monoisotopic (exact) mass is 315 g/mol. The molecule has 4 nitrogen and oxygen atoms in total. The van der Waals surface area contributed by atoms with E-state index in [1.165, 1.54) is 44.9 Å². The zero-order valence-corrected chi connectivity index (χ0v) is 14.0. The summed E-state index contributed by atoms with van der Waals surface area (Å²) in [4.78, 5) is 16.2. The second kappa shape index (κ2) is 8.44. The van der Waals surface area contributed by atoms with Gasteiger partial charge in [0.25, 0.3) is 0 Å². The molecule has 0 aliphatic heterocycles. The molecule has 0 spiro atoms. The first-order chi connectivity index (χ1) is 11.3. The predicted octanol–water partition coefficient (Wildman–Crippen LogP) is 2.97. The molecule has 1 amide bonds. The fraction of sp³-hybridized carbons (Fsp3) is 0.684. The highest BCUT2D eigenvalue weighted by Gasteiger charge is 2.33. The Bertz CT molecular complexity index is 483. The molecule has 2 N–H and O–H groups in total. The van der Waals surface area contributed by atoms with Crippen LogP contribution in [0.5, 0.6) is 0 Å². The Balaban J connectivity index is 1.38. The van der Waals surface area contributed by atoms with E-state index < -0.39 is 0 Å². The molecule has 2 fully saturated rings. The molecule has 2 aliphatic carbocycles. The van der Waals surface area contributed by atoms with Crippen LogP contribution in [0.4, 0.5) is 0 Å². The lowest BCUT2D eigenvalue weighted by molar-refractivity contribution is -0.122. The van der Waals surface area contributed by atoms with Gasteiger partial charge in [-0.2, -0.15) is 0 Å². The van der Waals surface area contributed by atoms with Gasteiger partial charge >= 0.3 is 0 Å². The van der Waals surface area contributed by atoms with Crippen LogP contribution in [0.15, 0.2) is 24.5 Å². The van der Waals surface area contributed by atoms with E-state index in [0.29, 0.717) is 24.5 Å². The fourth-order valence-electron chi connectivity index (χ4n) is 3.70. The molecule has 1 aromatic rings. The van der Waals surface area contributed by atoms with Crippen LogP contribution >= 0.6 is 0 Å². The quantitative estimate of drug-likeness (QED) is 0.794. The minimum absolute atomic E-state index is 0.172. The van der Waals surface area contributed by atoms with Gasteiger partial charge in [-0.1, -0.05) is 31.7 Å². The van der Waals surface area contributed by atoms with Crippen LogP contribution in [0.3, 0.4) is 0 Å². The van der Waals surface area contributed by atoms with Crippen molar-refractivity contribution in [2.45, 2.75) is 82.3 Å². The number of rotatable bonds is 6. The van der Waals surface area contributed by atoms with Crippen molar-refractivity contribution in [3.8, 4) is 0 Å². The average Bonchev–Trinajstić information content (AvgIpc) is 2.84. The zero-order chi connectivity index (χ0) is 15.9. The standard InChI is InChI=1S/C19H29N3O/c23-19(12-9-15-6-5-13-20-14-15)22-18-11-10-17(18)21-16-7-3-1-2-4-8-16/h5-6,13-14,16-18,21H,1-4,7-12H2,(H,22,23)/t17-,18+/m1/s1. The van der Waals surface area contributed by atoms with Crippen LogP contribution in [0, 0.1) is 0 Å². The van der Waals surface area contributed by atoms with Gasteiger partial charge in [-0.15, -0.1) is 0 Å². The van der Waals surface area contributed by atoms with Crippen molar-refractivity contribution in [1.82, 2.24) is 15.6 Å². The van der Waals surface area contributed by atoms with Crippen LogP contribution < -0.4 is 10.6 Å². The van der Waals surface area contributed by atoms with Crippen LogP contribution in [0.25, 0.3) is 0 Å². The van der Waals surface area contributed by atoms with Crippen LogP contribution in [0.2, 0.25) is 0 Å². The summed E-state index contributed by atoms with van der Waals surface area (Å²) < 4.78 is 0. The number of carbonyl (C=O) groups is 1. The molecule has 23 heavy (non-hydrogen) atoms. The average molecular weight is 315 g/mol. The predicted molar refractivity (Wildman–Crippen MR) is 92.1 cm³/mol. The number of carbonyl (C=O) groups excluding carboxylic acids is 1. The second-order valence-electron chi connectivity index (χ2n) is 7.07. The topological polar surface area (TPSA) is 54.0 Å². The van der Waals surface area contributed by atoms with Gasteiger partial charge in [-0.3, -0.25) is 9.78 Å². The van der Waals surface area contributed by atoms with Gasteiger partial charge in [0.2, 0.25) is 5.91 Å². The summed E-state index contributed by atoms with van der Waals surface area (Å²) in [7, 11) is 0. The molecule has 4 heteroatoms. The van der Waals surface area contributed by atoms with E-state index in [-0.39, 0.29) is 5.91 Å². The maximum atomic E-state index is 12.2. The van der Waals surface area contributed by atoms with Gasteiger partial charge in [-0.25, -0.2) is 0 Å². The van der Waals surface area contributed by atoms with Gasteiger partial charge in [-0.05, 0) is 43.7 Å². The summed E-state index contributed by atoms with van der Waals surface area (Å²) in [6, 6.07) is 5.43. The van der Waals surface area contributed by atoms with Gasteiger partial charge in [0, 0.05) is 36.9 Å². The lowest BCUT2D eigenvalue weighted by atomic mass is 9.85. The molecule has 126 valence electrons. The third kappa shape index (κ3) is 5.03. The Morgan fingerprint density at radius 2 is 1.87 bits per heavy atom. The van der Waals surface area contributed by atoms with Crippen molar-refractivity contribution < 1.29 is 4.79 Å². The van der Waals surface area contributed by atoms with E-state index >= 15 is 0 Å². The van der Waals surface area contributed by atoms with Gasteiger partial charge in [0.15, 0.2) is 0 Å². The Kier molecular flexibility index (Phi) is 6.03. The van der Waals surface area contributed by atoms with Crippen molar-refractivity contribution in [2.75, 3.05) is 0 Å². The lowest BCUT2D eigenvalue weighted by Crippen LogP contribution is -2.58. The molecule has 2 atom stereocenters. The first-order valence-electron chi connectivity index (χ1n) is 9.25. The lowest BCUT2D eigenvalue weighted by Gasteiger charge is -2.40. The molecular formula is C19H29N3O. The molecule has 0 unspecified atom stereocenters. The van der Waals surface area contributed by atoms with Gasteiger partial charge in [0.1, 0.15) is 0 Å². The Labute approximate surface area is 139 Å². The van der Waals surface area contributed by atoms with Crippen molar-refractivity contribution in [2.24, 2.45) is 0 Å². The molecule has 0 bridgehead atoms. The van der Waals surface area contributed by atoms with Crippen LogP contribution in [-0.2, 0) is 11.2 Å². The number of aromatic nitrogens is 1. The van der Waals surface area contributed by atoms with Crippen molar-refractivity contribution in [1.29, 1.82) is 0 Å². The molecule has 1 heterocycles.